The quantitative estimate of drug-likeness (QED) is 0.320. The Bertz CT molecular complexity index is 699. The Labute approximate surface area is 214 Å². The van der Waals surface area contributed by atoms with Crippen molar-refractivity contribution in [3.05, 3.63) is 0 Å². The SMILES string of the molecule is CC(C)(C)[Si](C)(C)OCCC(=O)[C@@H]1C[C@H](O[Si](C)(C)C(C)(C)C)[C@H](O[Si](C)(C)C(C)(C)C)[C@@H]1O. The molecule has 1 rings (SSSR count). The molecule has 1 fully saturated rings. The van der Waals surface area contributed by atoms with E-state index in [0.29, 0.717) is 19.4 Å². The van der Waals surface area contributed by atoms with E-state index in [4.69, 9.17) is 13.3 Å². The smallest absolute Gasteiger partial charge is 0.192 e. The lowest BCUT2D eigenvalue weighted by Crippen LogP contribution is -2.52. The number of Topliss-reactive ketones (excluding diaryl/α,β-unsaturated/α-hetero) is 1. The second-order valence-electron chi connectivity index (χ2n) is 14.9. The predicted molar refractivity (Wildman–Crippen MR) is 151 cm³/mol. The van der Waals surface area contributed by atoms with Crippen molar-refractivity contribution in [1.82, 2.24) is 0 Å². The van der Waals surface area contributed by atoms with Crippen LogP contribution < -0.4 is 0 Å². The fourth-order valence-electron chi connectivity index (χ4n) is 3.44. The molecule has 0 bridgehead atoms. The van der Waals surface area contributed by atoms with Crippen molar-refractivity contribution in [2.45, 2.75) is 148 Å². The summed E-state index contributed by atoms with van der Waals surface area (Å²) in [4.78, 5) is 13.3. The van der Waals surface area contributed by atoms with Gasteiger partial charge in [-0.25, -0.2) is 0 Å². The molecule has 4 atom stereocenters. The van der Waals surface area contributed by atoms with Crippen molar-refractivity contribution in [2.24, 2.45) is 5.92 Å². The first-order valence-corrected chi connectivity index (χ1v) is 21.8. The molecule has 0 radical (unpaired) electrons. The lowest BCUT2D eigenvalue weighted by atomic mass is 9.98. The lowest BCUT2D eigenvalue weighted by Gasteiger charge is -2.43. The summed E-state index contributed by atoms with van der Waals surface area (Å²) >= 11 is 0. The Hall–Kier alpha value is 0.161. The van der Waals surface area contributed by atoms with Crippen molar-refractivity contribution in [3.63, 3.8) is 0 Å². The van der Waals surface area contributed by atoms with Crippen LogP contribution in [0.5, 0.6) is 0 Å². The number of hydrogen-bond donors (Lipinski definition) is 1. The average Bonchev–Trinajstić information content (AvgIpc) is 2.87. The van der Waals surface area contributed by atoms with Crippen molar-refractivity contribution < 1.29 is 23.2 Å². The topological polar surface area (TPSA) is 65.0 Å². The number of rotatable bonds is 9. The van der Waals surface area contributed by atoms with Crippen LogP contribution in [0.15, 0.2) is 0 Å². The molecule has 1 aliphatic rings. The number of ketones is 1. The molecule has 202 valence electrons. The number of aliphatic hydroxyl groups excluding tert-OH is 1. The molecule has 1 N–H and O–H groups in total. The monoisotopic (exact) mass is 532 g/mol. The van der Waals surface area contributed by atoms with E-state index in [2.05, 4.69) is 102 Å². The van der Waals surface area contributed by atoms with Gasteiger partial charge >= 0.3 is 0 Å². The first-order chi connectivity index (χ1) is 14.8. The molecule has 0 spiro atoms. The maximum absolute atomic E-state index is 13.3. The van der Waals surface area contributed by atoms with Crippen molar-refractivity contribution in [2.75, 3.05) is 6.61 Å². The summed E-state index contributed by atoms with van der Waals surface area (Å²) in [6.45, 7) is 33.5. The summed E-state index contributed by atoms with van der Waals surface area (Å²) in [6, 6.07) is 0. The van der Waals surface area contributed by atoms with E-state index in [1.54, 1.807) is 0 Å². The fourth-order valence-corrected chi connectivity index (χ4v) is 7.15. The van der Waals surface area contributed by atoms with Gasteiger partial charge in [-0.1, -0.05) is 62.3 Å². The van der Waals surface area contributed by atoms with E-state index in [1.165, 1.54) is 0 Å². The predicted octanol–water partition coefficient (Wildman–Crippen LogP) is 7.13. The third-order valence-electron chi connectivity index (χ3n) is 9.12. The minimum absolute atomic E-state index is 0.00729. The zero-order chi connectivity index (χ0) is 27.1. The molecule has 0 heterocycles. The van der Waals surface area contributed by atoms with Gasteiger partial charge < -0.3 is 18.4 Å². The van der Waals surface area contributed by atoms with Crippen LogP contribution in [0.1, 0.15) is 75.2 Å². The first-order valence-electron chi connectivity index (χ1n) is 13.0. The number of carbonyl (C=O) groups is 1. The van der Waals surface area contributed by atoms with Crippen LogP contribution in [0.25, 0.3) is 0 Å². The van der Waals surface area contributed by atoms with Crippen LogP contribution in [0, 0.1) is 5.92 Å². The Kier molecular flexibility index (Phi) is 9.94. The largest absolute Gasteiger partial charge is 0.416 e. The van der Waals surface area contributed by atoms with Crippen LogP contribution in [-0.2, 0) is 18.1 Å². The summed E-state index contributed by atoms with van der Waals surface area (Å²) in [6.07, 6.45) is -0.727. The van der Waals surface area contributed by atoms with Gasteiger partial charge in [0.25, 0.3) is 0 Å². The van der Waals surface area contributed by atoms with Crippen LogP contribution in [-0.4, -0.2) is 60.8 Å². The Morgan fingerprint density at radius 1 is 0.765 bits per heavy atom. The van der Waals surface area contributed by atoms with Gasteiger partial charge in [-0.2, -0.15) is 0 Å². The van der Waals surface area contributed by atoms with E-state index in [-0.39, 0.29) is 27.0 Å². The minimum Gasteiger partial charge on any atom is -0.416 e. The molecule has 0 aromatic carbocycles. The van der Waals surface area contributed by atoms with Gasteiger partial charge in [-0.15, -0.1) is 0 Å². The highest BCUT2D eigenvalue weighted by Gasteiger charge is 2.53. The Balaban J connectivity index is 3.09. The zero-order valence-electron chi connectivity index (χ0n) is 25.0. The highest BCUT2D eigenvalue weighted by molar-refractivity contribution is 6.75. The number of carbonyl (C=O) groups excluding carboxylic acids is 1. The van der Waals surface area contributed by atoms with E-state index in [9.17, 15) is 9.90 Å². The highest BCUT2D eigenvalue weighted by Crippen LogP contribution is 2.45. The first kappa shape index (κ1) is 32.2. The minimum atomic E-state index is -2.17. The van der Waals surface area contributed by atoms with Crippen LogP contribution in [0.2, 0.25) is 54.4 Å². The second-order valence-corrected chi connectivity index (χ2v) is 29.2. The van der Waals surface area contributed by atoms with Crippen LogP contribution in [0.3, 0.4) is 0 Å². The van der Waals surface area contributed by atoms with Gasteiger partial charge in [0, 0.05) is 18.9 Å². The van der Waals surface area contributed by atoms with Crippen molar-refractivity contribution in [1.29, 1.82) is 0 Å². The molecular weight excluding hydrogens is 477 g/mol. The maximum atomic E-state index is 13.3. The summed E-state index contributed by atoms with van der Waals surface area (Å²) < 4.78 is 19.8. The average molecular weight is 533 g/mol. The van der Waals surface area contributed by atoms with Gasteiger partial charge in [-0.3, -0.25) is 4.79 Å². The molecule has 0 amide bonds. The van der Waals surface area contributed by atoms with Crippen LogP contribution in [0.4, 0.5) is 0 Å². The van der Waals surface area contributed by atoms with Crippen molar-refractivity contribution >= 4 is 30.7 Å². The maximum Gasteiger partial charge on any atom is 0.192 e. The van der Waals surface area contributed by atoms with E-state index in [0.717, 1.165) is 0 Å². The fraction of sp³-hybridized carbons (Fsp3) is 0.962. The lowest BCUT2D eigenvalue weighted by molar-refractivity contribution is -0.127. The summed E-state index contributed by atoms with van der Waals surface area (Å²) in [5.41, 5.74) is 0. The molecule has 0 saturated heterocycles. The molecule has 0 aliphatic heterocycles. The van der Waals surface area contributed by atoms with E-state index < -0.39 is 43.1 Å². The van der Waals surface area contributed by atoms with Gasteiger partial charge in [0.2, 0.25) is 0 Å². The van der Waals surface area contributed by atoms with Gasteiger partial charge in [-0.05, 0) is 60.8 Å². The van der Waals surface area contributed by atoms with Crippen LogP contribution >= 0.6 is 0 Å². The van der Waals surface area contributed by atoms with E-state index in [1.807, 2.05) is 0 Å². The van der Waals surface area contributed by atoms with Gasteiger partial charge in [0.05, 0.1) is 18.3 Å². The molecule has 5 nitrogen and oxygen atoms in total. The normalized spacial score (nSPS) is 25.6. The number of hydrogen-bond acceptors (Lipinski definition) is 5. The Morgan fingerprint density at radius 3 is 1.59 bits per heavy atom. The summed E-state index contributed by atoms with van der Waals surface area (Å²) in [5.74, 6) is -0.399. The van der Waals surface area contributed by atoms with Crippen molar-refractivity contribution in [3.8, 4) is 0 Å². The number of aliphatic hydroxyl groups is 1. The standard InChI is InChI=1S/C26H56O5Si3/c1-24(2,3)32(10,11)29-17-16-20(27)19-18-21(30-33(12,13)25(4,5)6)23(22(19)28)31-34(14,15)26(7,8)9/h19,21-23,28H,16-18H2,1-15H3/t19-,21-,22+,23-/m0/s1. The molecule has 34 heavy (non-hydrogen) atoms. The second kappa shape index (κ2) is 10.5. The molecule has 1 saturated carbocycles. The van der Waals surface area contributed by atoms with E-state index >= 15 is 0 Å². The summed E-state index contributed by atoms with van der Waals surface area (Å²) in [7, 11) is -6.18. The molecule has 0 aromatic rings. The third kappa shape index (κ3) is 7.59. The molecule has 0 unspecified atom stereocenters. The molecular formula is C26H56O5Si3. The molecule has 0 aromatic heterocycles. The summed E-state index contributed by atoms with van der Waals surface area (Å²) in [5, 5.41) is 11.5. The molecule has 1 aliphatic carbocycles. The third-order valence-corrected chi connectivity index (χ3v) is 22.6. The molecule has 8 heteroatoms. The highest BCUT2D eigenvalue weighted by atomic mass is 28.4. The van der Waals surface area contributed by atoms with Gasteiger partial charge in [0.1, 0.15) is 5.78 Å². The Morgan fingerprint density at radius 2 is 1.18 bits per heavy atom. The zero-order valence-corrected chi connectivity index (χ0v) is 28.0. The van der Waals surface area contributed by atoms with Gasteiger partial charge in [0.15, 0.2) is 25.0 Å².